The predicted molar refractivity (Wildman–Crippen MR) is 81.3 cm³/mol. The Bertz CT molecular complexity index is 440. The molecule has 3 rings (SSSR count). The second kappa shape index (κ2) is 4.56. The van der Waals surface area contributed by atoms with Gasteiger partial charge < -0.3 is 5.32 Å². The summed E-state index contributed by atoms with van der Waals surface area (Å²) in [5, 5.41) is 7.29. The highest BCUT2D eigenvalue weighted by molar-refractivity contribution is 7.09. The summed E-state index contributed by atoms with van der Waals surface area (Å²) in [5.74, 6) is 0.906. The molecule has 2 aliphatic rings. The van der Waals surface area contributed by atoms with Crippen LogP contribution in [0.15, 0.2) is 11.6 Å². The Labute approximate surface area is 121 Å². The van der Waals surface area contributed by atoms with Gasteiger partial charge in [0.2, 0.25) is 0 Å². The molecule has 0 spiro atoms. The number of rotatable bonds is 4. The molecule has 4 unspecified atom stereocenters. The van der Waals surface area contributed by atoms with Gasteiger partial charge in [0.15, 0.2) is 0 Å². The summed E-state index contributed by atoms with van der Waals surface area (Å²) in [6.07, 6.45) is 7.22. The Kier molecular flexibility index (Phi) is 3.25. The molecule has 2 aliphatic carbocycles. The molecule has 106 valence electrons. The van der Waals surface area contributed by atoms with Gasteiger partial charge in [0, 0.05) is 17.6 Å². The minimum atomic E-state index is 0.442. The average Bonchev–Trinajstić information content (AvgIpc) is 3.01. The highest BCUT2D eigenvalue weighted by Crippen LogP contribution is 2.65. The molecule has 4 atom stereocenters. The first kappa shape index (κ1) is 13.6. The summed E-state index contributed by atoms with van der Waals surface area (Å²) < 4.78 is 0. The van der Waals surface area contributed by atoms with E-state index in [4.69, 9.17) is 0 Å². The van der Waals surface area contributed by atoms with Gasteiger partial charge in [-0.15, -0.1) is 11.3 Å². The Morgan fingerprint density at radius 2 is 2.26 bits per heavy atom. The van der Waals surface area contributed by atoms with Gasteiger partial charge in [0.1, 0.15) is 5.01 Å². The van der Waals surface area contributed by atoms with Crippen molar-refractivity contribution in [3.05, 3.63) is 16.6 Å². The SMILES string of the molecule is CCC(NC1CC2CCC1(C)C2(C)C)c1nccs1. The maximum absolute atomic E-state index is 4.51. The lowest BCUT2D eigenvalue weighted by Crippen LogP contribution is -2.45. The van der Waals surface area contributed by atoms with Crippen LogP contribution in [0.5, 0.6) is 0 Å². The molecule has 0 saturated heterocycles. The molecule has 2 nitrogen and oxygen atoms in total. The number of fused-ring (bicyclic) bond motifs is 2. The van der Waals surface area contributed by atoms with E-state index in [1.807, 2.05) is 6.20 Å². The second-order valence-electron chi connectivity index (χ2n) is 7.16. The molecule has 1 heterocycles. The number of hydrogen-bond acceptors (Lipinski definition) is 3. The molecular weight excluding hydrogens is 252 g/mol. The van der Waals surface area contributed by atoms with E-state index < -0.39 is 0 Å². The van der Waals surface area contributed by atoms with Gasteiger partial charge in [-0.3, -0.25) is 0 Å². The topological polar surface area (TPSA) is 24.9 Å². The maximum Gasteiger partial charge on any atom is 0.109 e. The third kappa shape index (κ3) is 1.89. The van der Waals surface area contributed by atoms with Gasteiger partial charge in [-0.1, -0.05) is 27.7 Å². The van der Waals surface area contributed by atoms with Crippen LogP contribution in [-0.2, 0) is 0 Å². The minimum absolute atomic E-state index is 0.442. The number of nitrogens with zero attached hydrogens (tertiary/aromatic N) is 1. The molecule has 0 aromatic carbocycles. The smallest absolute Gasteiger partial charge is 0.109 e. The van der Waals surface area contributed by atoms with E-state index in [1.54, 1.807) is 11.3 Å². The Balaban J connectivity index is 1.78. The highest BCUT2D eigenvalue weighted by atomic mass is 32.1. The maximum atomic E-state index is 4.51. The van der Waals surface area contributed by atoms with Gasteiger partial charge in [-0.2, -0.15) is 0 Å². The summed E-state index contributed by atoms with van der Waals surface area (Å²) in [5.41, 5.74) is 0.953. The fraction of sp³-hybridized carbons (Fsp3) is 0.812. The monoisotopic (exact) mass is 278 g/mol. The van der Waals surface area contributed by atoms with Crippen molar-refractivity contribution in [3.8, 4) is 0 Å². The number of thiazole rings is 1. The van der Waals surface area contributed by atoms with Crippen LogP contribution in [0.25, 0.3) is 0 Å². The molecule has 19 heavy (non-hydrogen) atoms. The van der Waals surface area contributed by atoms with E-state index in [2.05, 4.69) is 43.4 Å². The summed E-state index contributed by atoms with van der Waals surface area (Å²) in [4.78, 5) is 4.51. The third-order valence-corrected chi connectivity index (χ3v) is 7.24. The van der Waals surface area contributed by atoms with Crippen molar-refractivity contribution in [1.29, 1.82) is 0 Å². The Morgan fingerprint density at radius 1 is 1.47 bits per heavy atom. The molecule has 1 N–H and O–H groups in total. The lowest BCUT2D eigenvalue weighted by atomic mass is 9.69. The third-order valence-electron chi connectivity index (χ3n) is 6.35. The van der Waals surface area contributed by atoms with Crippen molar-refractivity contribution in [2.75, 3.05) is 0 Å². The number of aromatic nitrogens is 1. The van der Waals surface area contributed by atoms with E-state index in [1.165, 1.54) is 24.3 Å². The Hall–Kier alpha value is -0.410. The van der Waals surface area contributed by atoms with Crippen LogP contribution in [0.1, 0.15) is 64.4 Å². The van der Waals surface area contributed by atoms with E-state index in [0.29, 0.717) is 22.9 Å². The molecule has 0 aliphatic heterocycles. The normalized spacial score (nSPS) is 37.7. The fourth-order valence-corrected chi connectivity index (χ4v) is 5.25. The minimum Gasteiger partial charge on any atom is -0.305 e. The summed E-state index contributed by atoms with van der Waals surface area (Å²) in [6.45, 7) is 9.74. The zero-order valence-corrected chi connectivity index (χ0v) is 13.4. The van der Waals surface area contributed by atoms with Crippen LogP contribution in [0.3, 0.4) is 0 Å². The van der Waals surface area contributed by atoms with Crippen LogP contribution in [0, 0.1) is 16.7 Å². The molecule has 2 bridgehead atoms. The van der Waals surface area contributed by atoms with E-state index in [-0.39, 0.29) is 0 Å². The molecular formula is C16H26N2S. The van der Waals surface area contributed by atoms with Crippen LogP contribution < -0.4 is 5.32 Å². The summed E-state index contributed by atoms with van der Waals surface area (Å²) >= 11 is 1.78. The molecule has 1 aromatic heterocycles. The first-order valence-corrected chi connectivity index (χ1v) is 8.52. The van der Waals surface area contributed by atoms with Crippen molar-refractivity contribution in [2.45, 2.75) is 65.5 Å². The molecule has 2 saturated carbocycles. The fourth-order valence-electron chi connectivity index (χ4n) is 4.47. The average molecular weight is 278 g/mol. The van der Waals surface area contributed by atoms with Crippen LogP contribution in [0.4, 0.5) is 0 Å². The van der Waals surface area contributed by atoms with Crippen molar-refractivity contribution in [3.63, 3.8) is 0 Å². The van der Waals surface area contributed by atoms with Crippen LogP contribution >= 0.6 is 11.3 Å². The van der Waals surface area contributed by atoms with Gasteiger partial charge in [0.25, 0.3) is 0 Å². The second-order valence-corrected chi connectivity index (χ2v) is 8.09. The lowest BCUT2D eigenvalue weighted by Gasteiger charge is -2.40. The quantitative estimate of drug-likeness (QED) is 0.883. The van der Waals surface area contributed by atoms with Crippen LogP contribution in [0.2, 0.25) is 0 Å². The first-order chi connectivity index (χ1) is 8.99. The Morgan fingerprint density at radius 3 is 2.74 bits per heavy atom. The van der Waals surface area contributed by atoms with E-state index in [0.717, 1.165) is 12.3 Å². The molecule has 2 fully saturated rings. The van der Waals surface area contributed by atoms with Crippen LogP contribution in [-0.4, -0.2) is 11.0 Å². The van der Waals surface area contributed by atoms with Crippen molar-refractivity contribution in [2.24, 2.45) is 16.7 Å². The first-order valence-electron chi connectivity index (χ1n) is 7.64. The van der Waals surface area contributed by atoms with Gasteiger partial charge in [-0.05, 0) is 42.4 Å². The van der Waals surface area contributed by atoms with Crippen molar-refractivity contribution < 1.29 is 0 Å². The molecule has 1 aromatic rings. The van der Waals surface area contributed by atoms with E-state index in [9.17, 15) is 0 Å². The summed E-state index contributed by atoms with van der Waals surface area (Å²) in [7, 11) is 0. The van der Waals surface area contributed by atoms with Gasteiger partial charge in [0.05, 0.1) is 6.04 Å². The van der Waals surface area contributed by atoms with Gasteiger partial charge in [-0.25, -0.2) is 4.98 Å². The van der Waals surface area contributed by atoms with Crippen molar-refractivity contribution in [1.82, 2.24) is 10.3 Å². The largest absolute Gasteiger partial charge is 0.305 e. The molecule has 3 heteroatoms. The number of hydrogen-bond donors (Lipinski definition) is 1. The van der Waals surface area contributed by atoms with Gasteiger partial charge >= 0.3 is 0 Å². The standard InChI is InChI=1S/C16H26N2S/c1-5-12(14-17-8-9-19-14)18-13-10-11-6-7-16(13,4)15(11,2)3/h8-9,11-13,18H,5-7,10H2,1-4H3. The van der Waals surface area contributed by atoms with Crippen molar-refractivity contribution >= 4 is 11.3 Å². The highest BCUT2D eigenvalue weighted by Gasteiger charge is 2.61. The molecule has 0 amide bonds. The number of nitrogens with one attached hydrogen (secondary N) is 1. The summed E-state index contributed by atoms with van der Waals surface area (Å²) in [6, 6.07) is 1.10. The van der Waals surface area contributed by atoms with E-state index >= 15 is 0 Å². The lowest BCUT2D eigenvalue weighted by molar-refractivity contribution is 0.114. The zero-order chi connectivity index (χ0) is 13.7. The predicted octanol–water partition coefficient (Wildman–Crippen LogP) is 4.40. The molecule has 0 radical (unpaired) electrons. The zero-order valence-electron chi connectivity index (χ0n) is 12.6.